The fourth-order valence-corrected chi connectivity index (χ4v) is 2.24. The summed E-state index contributed by atoms with van der Waals surface area (Å²) in [6.07, 6.45) is 0. The number of amides is 3. The zero-order chi connectivity index (χ0) is 13.7. The van der Waals surface area contributed by atoms with E-state index in [1.54, 1.807) is 24.3 Å². The van der Waals surface area contributed by atoms with Gasteiger partial charge in [-0.25, -0.2) is 9.79 Å². The van der Waals surface area contributed by atoms with E-state index in [1.807, 2.05) is 0 Å². The van der Waals surface area contributed by atoms with Crippen molar-refractivity contribution >= 4 is 29.1 Å². The predicted octanol–water partition coefficient (Wildman–Crippen LogP) is 1.03. The highest BCUT2D eigenvalue weighted by molar-refractivity contribution is 6.20. The Kier molecular flexibility index (Phi) is 2.25. The molecule has 0 aliphatic carbocycles. The molecule has 0 aromatic heterocycles. The van der Waals surface area contributed by atoms with Crippen LogP contribution in [0.1, 0.15) is 0 Å². The summed E-state index contributed by atoms with van der Waals surface area (Å²) >= 11 is 0. The Morgan fingerprint density at radius 1 is 1.16 bits per heavy atom. The molecule has 2 aliphatic heterocycles. The van der Waals surface area contributed by atoms with Gasteiger partial charge >= 0.3 is 18.0 Å². The number of amidine groups is 1. The highest BCUT2D eigenvalue weighted by atomic mass is 16.3. The number of nitroso groups, excluding NO2 is 1. The predicted molar refractivity (Wildman–Crippen MR) is 66.5 cm³/mol. The van der Waals surface area contributed by atoms with Gasteiger partial charge in [-0.15, -0.1) is 0 Å². The molecule has 19 heavy (non-hydrogen) atoms. The van der Waals surface area contributed by atoms with Crippen LogP contribution in [0.3, 0.4) is 0 Å². The van der Waals surface area contributed by atoms with Crippen LogP contribution in [0.15, 0.2) is 29.3 Å². The molecule has 1 aromatic carbocycles. The highest BCUT2D eigenvalue weighted by Crippen LogP contribution is 2.34. The van der Waals surface area contributed by atoms with Crippen LogP contribution in [0.5, 0.6) is 0 Å². The van der Waals surface area contributed by atoms with Gasteiger partial charge in [0.05, 0.1) is 4.76 Å². The Morgan fingerprint density at radius 2 is 1.84 bits per heavy atom. The minimum absolute atomic E-state index is 0.168. The van der Waals surface area contributed by atoms with Gasteiger partial charge in [0.15, 0.2) is 5.84 Å². The molecule has 0 radical (unpaired) electrons. The molecule has 1 atom stereocenters. The molecule has 0 saturated carbocycles. The number of urea groups is 1. The molecule has 0 spiro atoms. The van der Waals surface area contributed by atoms with Gasteiger partial charge in [0.25, 0.3) is 5.69 Å². The smallest absolute Gasteiger partial charge is 0.278 e. The van der Waals surface area contributed by atoms with E-state index < -0.39 is 18.0 Å². The Hall–Kier alpha value is -2.57. The number of benzene rings is 1. The summed E-state index contributed by atoms with van der Waals surface area (Å²) in [5.41, 5.74) is 0.793. The number of nitrogens with zero attached hydrogens (tertiary/aromatic N) is 4. The molecule has 1 fully saturated rings. The second-order valence-corrected chi connectivity index (χ2v) is 4.43. The highest BCUT2D eigenvalue weighted by Gasteiger charge is 2.53. The lowest BCUT2D eigenvalue weighted by Gasteiger charge is -2.32. The standard InChI is InChI=1S/C12H11N4O3/c1-14-10-9(11(17)15(2)12(14)18)16(19)8-6-4-3-5-7(8)13-10/h3-6,9H,1-2H3/q+1. The molecule has 96 valence electrons. The molecule has 1 unspecified atom stereocenters. The fourth-order valence-electron chi connectivity index (χ4n) is 2.24. The third kappa shape index (κ3) is 1.41. The number of aliphatic imine (C=N–C) groups is 1. The van der Waals surface area contributed by atoms with E-state index >= 15 is 0 Å². The van der Waals surface area contributed by atoms with E-state index in [0.29, 0.717) is 16.1 Å². The maximum Gasteiger partial charge on any atom is 0.342 e. The fraction of sp³-hybridized carbons (Fsp3) is 0.250. The van der Waals surface area contributed by atoms with Crippen LogP contribution >= 0.6 is 0 Å². The largest absolute Gasteiger partial charge is 0.342 e. The van der Waals surface area contributed by atoms with Crippen molar-refractivity contribution in [2.75, 3.05) is 14.1 Å². The normalized spacial score (nSPS) is 22.1. The molecule has 7 heteroatoms. The van der Waals surface area contributed by atoms with Gasteiger partial charge in [0.2, 0.25) is 0 Å². The third-order valence-electron chi connectivity index (χ3n) is 3.32. The summed E-state index contributed by atoms with van der Waals surface area (Å²) in [4.78, 5) is 42.7. The first-order chi connectivity index (χ1) is 9.02. The van der Waals surface area contributed by atoms with E-state index in [1.165, 1.54) is 19.0 Å². The first-order valence-corrected chi connectivity index (χ1v) is 5.71. The van der Waals surface area contributed by atoms with Crippen LogP contribution in [-0.4, -0.2) is 52.5 Å². The van der Waals surface area contributed by atoms with Gasteiger partial charge in [0.1, 0.15) is 5.69 Å². The van der Waals surface area contributed by atoms with Gasteiger partial charge in [0, 0.05) is 25.1 Å². The van der Waals surface area contributed by atoms with Crippen molar-refractivity contribution in [1.29, 1.82) is 0 Å². The van der Waals surface area contributed by atoms with Gasteiger partial charge < -0.3 is 0 Å². The summed E-state index contributed by atoms with van der Waals surface area (Å²) in [5.74, 6) is -0.395. The van der Waals surface area contributed by atoms with Crippen LogP contribution in [0.25, 0.3) is 0 Å². The van der Waals surface area contributed by atoms with E-state index in [9.17, 15) is 14.5 Å². The minimum atomic E-state index is -1.09. The number of hydrogen-bond acceptors (Lipinski definition) is 4. The number of likely N-dealkylation sites (N-methyl/N-ethyl adjacent to an activating group) is 2. The summed E-state index contributed by atoms with van der Waals surface area (Å²) in [6.45, 7) is 0. The Morgan fingerprint density at radius 3 is 2.58 bits per heavy atom. The van der Waals surface area contributed by atoms with Gasteiger partial charge in [-0.1, -0.05) is 12.1 Å². The van der Waals surface area contributed by atoms with Crippen molar-refractivity contribution in [2.24, 2.45) is 4.99 Å². The maximum absolute atomic E-state index is 12.3. The molecule has 2 heterocycles. The Labute approximate surface area is 108 Å². The maximum atomic E-state index is 12.3. The molecule has 1 saturated heterocycles. The number of rotatable bonds is 0. The van der Waals surface area contributed by atoms with Crippen molar-refractivity contribution in [3.05, 3.63) is 29.2 Å². The van der Waals surface area contributed by atoms with Crippen LogP contribution < -0.4 is 0 Å². The lowest BCUT2D eigenvalue weighted by atomic mass is 10.1. The first kappa shape index (κ1) is 11.5. The quantitative estimate of drug-likeness (QED) is 0.653. The number of para-hydroxylation sites is 2. The Balaban J connectivity index is 2.21. The van der Waals surface area contributed by atoms with Crippen LogP contribution in [0, 0.1) is 4.91 Å². The van der Waals surface area contributed by atoms with Crippen molar-refractivity contribution in [3.8, 4) is 0 Å². The van der Waals surface area contributed by atoms with E-state index in [2.05, 4.69) is 4.99 Å². The topological polar surface area (TPSA) is 73.1 Å². The monoisotopic (exact) mass is 259 g/mol. The number of imide groups is 1. The first-order valence-electron chi connectivity index (χ1n) is 5.71. The molecular weight excluding hydrogens is 248 g/mol. The van der Waals surface area contributed by atoms with E-state index in [4.69, 9.17) is 0 Å². The van der Waals surface area contributed by atoms with Crippen LogP contribution in [0.2, 0.25) is 0 Å². The molecule has 3 rings (SSSR count). The number of carbonyl (C=O) groups is 2. The average Bonchev–Trinajstić information content (AvgIpc) is 2.43. The minimum Gasteiger partial charge on any atom is -0.278 e. The summed E-state index contributed by atoms with van der Waals surface area (Å²) in [5, 5.41) is 0. The van der Waals surface area contributed by atoms with Gasteiger partial charge in [-0.3, -0.25) is 14.6 Å². The van der Waals surface area contributed by atoms with E-state index in [0.717, 1.165) is 4.90 Å². The molecule has 0 N–H and O–H groups in total. The molecule has 0 bridgehead atoms. The molecular formula is C12H11N4O3+. The summed E-state index contributed by atoms with van der Waals surface area (Å²) in [6, 6.07) is 5.14. The van der Waals surface area contributed by atoms with Crippen molar-refractivity contribution in [2.45, 2.75) is 6.04 Å². The second kappa shape index (κ2) is 3.71. The van der Waals surface area contributed by atoms with Gasteiger partial charge in [-0.2, -0.15) is 0 Å². The number of carbonyl (C=O) groups excluding carboxylic acids is 2. The van der Waals surface area contributed by atoms with Crippen molar-refractivity contribution in [3.63, 3.8) is 0 Å². The lowest BCUT2D eigenvalue weighted by Crippen LogP contribution is -2.62. The molecule has 7 nitrogen and oxygen atoms in total. The molecule has 3 amide bonds. The van der Waals surface area contributed by atoms with Crippen LogP contribution in [-0.2, 0) is 4.79 Å². The van der Waals surface area contributed by atoms with Crippen molar-refractivity contribution < 1.29 is 14.3 Å². The lowest BCUT2D eigenvalue weighted by molar-refractivity contribution is -0.476. The van der Waals surface area contributed by atoms with Crippen molar-refractivity contribution in [1.82, 2.24) is 9.80 Å². The number of fused-ring (bicyclic) bond motifs is 2. The molecule has 1 aromatic rings. The second-order valence-electron chi connectivity index (χ2n) is 4.43. The summed E-state index contributed by atoms with van der Waals surface area (Å²) in [7, 11) is 2.85. The van der Waals surface area contributed by atoms with Crippen LogP contribution in [0.4, 0.5) is 16.2 Å². The Bertz CT molecular complexity index is 652. The average molecular weight is 259 g/mol. The summed E-state index contributed by atoms with van der Waals surface area (Å²) < 4.78 is 0.611. The third-order valence-corrected chi connectivity index (χ3v) is 3.32. The molecule has 2 aliphatic rings. The number of hydrogen-bond donors (Lipinski definition) is 0. The SMILES string of the molecule is CN1C(=O)C2C(=Nc3ccccc3[N+]2=O)N(C)C1=O. The van der Waals surface area contributed by atoms with Gasteiger partial charge in [-0.05, 0) is 6.07 Å². The zero-order valence-electron chi connectivity index (χ0n) is 10.4. The zero-order valence-corrected chi connectivity index (χ0v) is 10.4. The van der Waals surface area contributed by atoms with E-state index in [-0.39, 0.29) is 5.84 Å².